The molecule has 6 heteroatoms. The molecule has 0 aromatic rings. The van der Waals surface area contributed by atoms with Crippen molar-refractivity contribution in [3.8, 4) is 0 Å². The van der Waals surface area contributed by atoms with Gasteiger partial charge in [-0.25, -0.2) is 0 Å². The summed E-state index contributed by atoms with van der Waals surface area (Å²) in [5.41, 5.74) is 9.14. The Kier molecular flexibility index (Phi) is 11.7. The quantitative estimate of drug-likeness (QED) is 0.136. The standard InChI is InChI=1S/C15H23N3O3/c1-3-6-15(20)21-12-10-13(2)8-9-14(19)7-4-5-11-17-18-16/h3,10H,1,4-9,11-12H2,2H3/b13-10+. The van der Waals surface area contributed by atoms with E-state index in [0.29, 0.717) is 25.8 Å². The summed E-state index contributed by atoms with van der Waals surface area (Å²) in [7, 11) is 0. The molecule has 0 fully saturated rings. The largest absolute Gasteiger partial charge is 0.461 e. The third-order valence-electron chi connectivity index (χ3n) is 2.81. The minimum atomic E-state index is -0.301. The number of esters is 1. The number of azide groups is 1. The van der Waals surface area contributed by atoms with Crippen molar-refractivity contribution >= 4 is 11.8 Å². The number of nitrogens with zero attached hydrogens (tertiary/aromatic N) is 3. The molecule has 0 saturated carbocycles. The third-order valence-corrected chi connectivity index (χ3v) is 2.81. The molecule has 0 heterocycles. The van der Waals surface area contributed by atoms with E-state index in [1.54, 1.807) is 0 Å². The zero-order valence-electron chi connectivity index (χ0n) is 12.6. The fourth-order valence-electron chi connectivity index (χ4n) is 1.57. The zero-order chi connectivity index (χ0) is 15.9. The summed E-state index contributed by atoms with van der Waals surface area (Å²) in [5.74, 6) is -0.0995. The monoisotopic (exact) mass is 293 g/mol. The highest BCUT2D eigenvalue weighted by Crippen LogP contribution is 2.08. The number of ether oxygens (including phenoxy) is 1. The van der Waals surface area contributed by atoms with Crippen LogP contribution in [0.3, 0.4) is 0 Å². The van der Waals surface area contributed by atoms with Crippen LogP contribution in [-0.2, 0) is 14.3 Å². The maximum Gasteiger partial charge on any atom is 0.309 e. The molecule has 0 N–H and O–H groups in total. The van der Waals surface area contributed by atoms with E-state index in [4.69, 9.17) is 10.3 Å². The molecular weight excluding hydrogens is 270 g/mol. The Balaban J connectivity index is 3.72. The van der Waals surface area contributed by atoms with Gasteiger partial charge >= 0.3 is 5.97 Å². The van der Waals surface area contributed by atoms with Gasteiger partial charge in [0.05, 0.1) is 6.42 Å². The van der Waals surface area contributed by atoms with E-state index in [0.717, 1.165) is 18.4 Å². The molecule has 0 aromatic heterocycles. The highest BCUT2D eigenvalue weighted by Gasteiger charge is 2.03. The Morgan fingerprint density at radius 3 is 2.71 bits per heavy atom. The highest BCUT2D eigenvalue weighted by atomic mass is 16.5. The SMILES string of the molecule is C=CCC(=O)OC/C=C(\C)CCC(=O)CCCCN=[N+]=[N-]. The summed E-state index contributed by atoms with van der Waals surface area (Å²) in [6.07, 6.45) is 6.70. The van der Waals surface area contributed by atoms with Crippen LogP contribution in [0.2, 0.25) is 0 Å². The van der Waals surface area contributed by atoms with Crippen LogP contribution in [0.1, 0.15) is 45.4 Å². The molecular formula is C15H23N3O3. The first kappa shape index (κ1) is 18.9. The van der Waals surface area contributed by atoms with Gasteiger partial charge in [-0.15, -0.1) is 6.58 Å². The average Bonchev–Trinajstić information content (AvgIpc) is 2.45. The molecule has 0 aliphatic rings. The molecule has 116 valence electrons. The second-order valence-corrected chi connectivity index (χ2v) is 4.68. The van der Waals surface area contributed by atoms with Crippen molar-refractivity contribution in [3.63, 3.8) is 0 Å². The van der Waals surface area contributed by atoms with Gasteiger partial charge in [-0.2, -0.15) is 0 Å². The summed E-state index contributed by atoms with van der Waals surface area (Å²) in [4.78, 5) is 25.4. The fraction of sp³-hybridized carbons (Fsp3) is 0.600. The van der Waals surface area contributed by atoms with E-state index < -0.39 is 0 Å². The number of hydrogen-bond donors (Lipinski definition) is 0. The molecule has 0 aromatic carbocycles. The minimum Gasteiger partial charge on any atom is -0.461 e. The highest BCUT2D eigenvalue weighted by molar-refractivity contribution is 5.78. The van der Waals surface area contributed by atoms with E-state index in [1.165, 1.54) is 6.08 Å². The van der Waals surface area contributed by atoms with Crippen molar-refractivity contribution in [1.82, 2.24) is 0 Å². The number of hydrogen-bond acceptors (Lipinski definition) is 4. The van der Waals surface area contributed by atoms with Gasteiger partial charge in [-0.3, -0.25) is 9.59 Å². The van der Waals surface area contributed by atoms with Gasteiger partial charge in [0.15, 0.2) is 0 Å². The predicted octanol–water partition coefficient (Wildman–Crippen LogP) is 3.88. The lowest BCUT2D eigenvalue weighted by Gasteiger charge is -2.03. The Morgan fingerprint density at radius 2 is 2.05 bits per heavy atom. The molecule has 0 unspecified atom stereocenters. The van der Waals surface area contributed by atoms with E-state index in [1.807, 2.05) is 13.0 Å². The number of allylic oxidation sites excluding steroid dienone is 1. The molecule has 0 aliphatic carbocycles. The number of rotatable bonds is 12. The van der Waals surface area contributed by atoms with Crippen LogP contribution in [0, 0.1) is 0 Å². The van der Waals surface area contributed by atoms with Crippen LogP contribution in [0.15, 0.2) is 29.4 Å². The number of unbranched alkanes of at least 4 members (excludes halogenated alkanes) is 1. The van der Waals surface area contributed by atoms with Gasteiger partial charge in [0.2, 0.25) is 0 Å². The van der Waals surface area contributed by atoms with E-state index in [9.17, 15) is 9.59 Å². The molecule has 0 atom stereocenters. The molecule has 0 aliphatic heterocycles. The number of carbonyl (C=O) groups is 2. The number of Topliss-reactive ketones (excluding diaryl/α,β-unsaturated/α-hetero) is 1. The van der Waals surface area contributed by atoms with Crippen LogP contribution >= 0.6 is 0 Å². The first-order valence-corrected chi connectivity index (χ1v) is 7.04. The minimum absolute atomic E-state index is 0.201. The Labute approximate surface area is 125 Å². The second-order valence-electron chi connectivity index (χ2n) is 4.68. The summed E-state index contributed by atoms with van der Waals surface area (Å²) < 4.78 is 4.95. The van der Waals surface area contributed by atoms with Crippen molar-refractivity contribution < 1.29 is 14.3 Å². The molecule has 21 heavy (non-hydrogen) atoms. The smallest absolute Gasteiger partial charge is 0.309 e. The molecule has 0 bridgehead atoms. The fourth-order valence-corrected chi connectivity index (χ4v) is 1.57. The average molecular weight is 293 g/mol. The van der Waals surface area contributed by atoms with Gasteiger partial charge in [0, 0.05) is 24.3 Å². The lowest BCUT2D eigenvalue weighted by molar-refractivity contribution is -0.141. The van der Waals surface area contributed by atoms with Gasteiger partial charge in [-0.1, -0.05) is 16.8 Å². The number of ketones is 1. The first-order valence-electron chi connectivity index (χ1n) is 7.04. The maximum atomic E-state index is 11.6. The molecule has 6 nitrogen and oxygen atoms in total. The first-order chi connectivity index (χ1) is 10.1. The maximum absolute atomic E-state index is 11.6. The van der Waals surface area contributed by atoms with Crippen LogP contribution < -0.4 is 0 Å². The second kappa shape index (κ2) is 12.9. The third kappa shape index (κ3) is 12.7. The Morgan fingerprint density at radius 1 is 1.29 bits per heavy atom. The van der Waals surface area contributed by atoms with E-state index >= 15 is 0 Å². The van der Waals surface area contributed by atoms with Crippen molar-refractivity contribution in [2.75, 3.05) is 13.2 Å². The van der Waals surface area contributed by atoms with Gasteiger partial charge in [0.25, 0.3) is 0 Å². The Hall–Kier alpha value is -2.07. The van der Waals surface area contributed by atoms with E-state index in [2.05, 4.69) is 16.6 Å². The van der Waals surface area contributed by atoms with Gasteiger partial charge in [0.1, 0.15) is 12.4 Å². The molecule has 0 amide bonds. The number of carbonyl (C=O) groups excluding carboxylic acids is 2. The van der Waals surface area contributed by atoms with Crippen molar-refractivity contribution in [1.29, 1.82) is 0 Å². The lowest BCUT2D eigenvalue weighted by atomic mass is 10.1. The normalized spacial score (nSPS) is 10.6. The molecule has 0 spiro atoms. The lowest BCUT2D eigenvalue weighted by Crippen LogP contribution is -2.03. The summed E-state index contributed by atoms with van der Waals surface area (Å²) in [6, 6.07) is 0. The summed E-state index contributed by atoms with van der Waals surface area (Å²) >= 11 is 0. The van der Waals surface area contributed by atoms with Crippen LogP contribution in [0.25, 0.3) is 10.4 Å². The molecule has 0 saturated heterocycles. The zero-order valence-corrected chi connectivity index (χ0v) is 12.6. The predicted molar refractivity (Wildman–Crippen MR) is 81.6 cm³/mol. The van der Waals surface area contributed by atoms with E-state index in [-0.39, 0.29) is 24.8 Å². The molecule has 0 rings (SSSR count). The summed E-state index contributed by atoms with van der Waals surface area (Å²) in [6.45, 7) is 6.05. The van der Waals surface area contributed by atoms with Crippen LogP contribution in [0.5, 0.6) is 0 Å². The van der Waals surface area contributed by atoms with Crippen molar-refractivity contribution in [2.24, 2.45) is 5.11 Å². The summed E-state index contributed by atoms with van der Waals surface area (Å²) in [5, 5.41) is 3.42. The van der Waals surface area contributed by atoms with Gasteiger partial charge < -0.3 is 4.74 Å². The molecule has 0 radical (unpaired) electrons. The topological polar surface area (TPSA) is 92.1 Å². The van der Waals surface area contributed by atoms with Crippen molar-refractivity contribution in [3.05, 3.63) is 34.7 Å². The van der Waals surface area contributed by atoms with Crippen LogP contribution in [-0.4, -0.2) is 24.9 Å². The van der Waals surface area contributed by atoms with Gasteiger partial charge in [-0.05, 0) is 37.8 Å². The van der Waals surface area contributed by atoms with Crippen molar-refractivity contribution in [2.45, 2.75) is 45.4 Å². The van der Waals surface area contributed by atoms with Crippen LogP contribution in [0.4, 0.5) is 0 Å². The Bertz CT molecular complexity index is 424.